The van der Waals surface area contributed by atoms with Crippen LogP contribution in [0.2, 0.25) is 0 Å². The summed E-state index contributed by atoms with van der Waals surface area (Å²) in [6, 6.07) is 9.56. The molecule has 1 aromatic carbocycles. The monoisotopic (exact) mass is 396 g/mol. The molecule has 1 aliphatic carbocycles. The molecule has 0 aliphatic heterocycles. The third-order valence-electron chi connectivity index (χ3n) is 5.23. The lowest BCUT2D eigenvalue weighted by Gasteiger charge is -2.31. The normalized spacial score (nSPS) is 16.1. The van der Waals surface area contributed by atoms with Crippen molar-refractivity contribution in [2.45, 2.75) is 42.8 Å². The fourth-order valence-corrected chi connectivity index (χ4v) is 4.50. The maximum Gasteiger partial charge on any atom is 0.262 e. The second-order valence-electron chi connectivity index (χ2n) is 7.09. The van der Waals surface area contributed by atoms with Gasteiger partial charge in [0.25, 0.3) is 5.56 Å². The van der Waals surface area contributed by atoms with Gasteiger partial charge in [0.15, 0.2) is 5.16 Å². The lowest BCUT2D eigenvalue weighted by atomic mass is 9.83. The van der Waals surface area contributed by atoms with E-state index in [2.05, 4.69) is 21.6 Å². The summed E-state index contributed by atoms with van der Waals surface area (Å²) >= 11 is 1.24. The summed E-state index contributed by atoms with van der Waals surface area (Å²) < 4.78 is 3.24. The van der Waals surface area contributed by atoms with Crippen LogP contribution in [-0.4, -0.2) is 36.4 Å². The molecular formula is C19H20N6O2S. The Bertz CT molecular complexity index is 1150. The number of nitrogens with zero attached hydrogens (tertiary/aromatic N) is 5. The minimum absolute atomic E-state index is 0.126. The molecule has 3 aromatic rings. The molecule has 0 radical (unpaired) electrons. The predicted octanol–water partition coefficient (Wildman–Crippen LogP) is 2.02. The Labute approximate surface area is 165 Å². The second kappa shape index (κ2) is 7.28. The van der Waals surface area contributed by atoms with Crippen LogP contribution in [0.3, 0.4) is 0 Å². The van der Waals surface area contributed by atoms with Crippen molar-refractivity contribution in [1.82, 2.24) is 24.5 Å². The van der Waals surface area contributed by atoms with Gasteiger partial charge in [0.05, 0.1) is 22.7 Å². The summed E-state index contributed by atoms with van der Waals surface area (Å²) in [6.45, 7) is 0. The summed E-state index contributed by atoms with van der Waals surface area (Å²) in [5.41, 5.74) is -0.188. The molecule has 1 N–H and O–H groups in total. The van der Waals surface area contributed by atoms with E-state index >= 15 is 0 Å². The van der Waals surface area contributed by atoms with Gasteiger partial charge in [0.1, 0.15) is 5.54 Å². The van der Waals surface area contributed by atoms with Crippen molar-refractivity contribution < 1.29 is 4.79 Å². The number of nitrogens with one attached hydrogen (secondary N) is 1. The molecule has 1 aliphatic rings. The maximum atomic E-state index is 12.5. The molecule has 0 unspecified atom stereocenters. The van der Waals surface area contributed by atoms with E-state index < -0.39 is 5.54 Å². The summed E-state index contributed by atoms with van der Waals surface area (Å²) in [4.78, 5) is 25.0. The lowest BCUT2D eigenvalue weighted by molar-refractivity contribution is -0.120. The van der Waals surface area contributed by atoms with Crippen LogP contribution in [0, 0.1) is 11.3 Å². The van der Waals surface area contributed by atoms with Crippen LogP contribution in [-0.2, 0) is 11.8 Å². The van der Waals surface area contributed by atoms with E-state index in [0.29, 0.717) is 34.7 Å². The summed E-state index contributed by atoms with van der Waals surface area (Å²) in [6.07, 6.45) is 4.40. The number of para-hydroxylation sites is 1. The molecule has 8 nitrogen and oxygen atoms in total. The number of carbonyl (C=O) groups is 1. The molecule has 28 heavy (non-hydrogen) atoms. The first-order valence-corrected chi connectivity index (χ1v) is 10.2. The van der Waals surface area contributed by atoms with Gasteiger partial charge in [-0.3, -0.25) is 18.6 Å². The minimum atomic E-state index is -0.751. The van der Waals surface area contributed by atoms with Crippen LogP contribution in [0.4, 0.5) is 0 Å². The number of hydrogen-bond acceptors (Lipinski definition) is 6. The molecule has 4 rings (SSSR count). The van der Waals surface area contributed by atoms with Gasteiger partial charge in [-0.2, -0.15) is 5.26 Å². The standard InChI is InChI=1S/C19H20N6O2S/c1-24-16(27)13-7-3-4-8-14(13)25-17(24)22-23-18(25)28-11-15(26)21-19(12-20)9-5-2-6-10-19/h3-4,7-8H,2,5-6,9-11H2,1H3,(H,21,26). The number of thioether (sulfide) groups is 1. The third-order valence-corrected chi connectivity index (χ3v) is 6.16. The molecule has 0 bridgehead atoms. The van der Waals surface area contributed by atoms with Gasteiger partial charge < -0.3 is 5.32 Å². The molecule has 144 valence electrons. The van der Waals surface area contributed by atoms with Crippen molar-refractivity contribution in [2.75, 3.05) is 5.75 Å². The number of nitriles is 1. The Morgan fingerprint density at radius 2 is 2.04 bits per heavy atom. The average Bonchev–Trinajstić information content (AvgIpc) is 3.15. The van der Waals surface area contributed by atoms with Gasteiger partial charge in [-0.05, 0) is 25.0 Å². The number of aryl methyl sites for hydroxylation is 1. The van der Waals surface area contributed by atoms with Crippen molar-refractivity contribution in [3.8, 4) is 6.07 Å². The van der Waals surface area contributed by atoms with Gasteiger partial charge >= 0.3 is 0 Å². The predicted molar refractivity (Wildman–Crippen MR) is 106 cm³/mol. The van der Waals surface area contributed by atoms with Gasteiger partial charge in [-0.1, -0.05) is 43.2 Å². The first-order chi connectivity index (χ1) is 13.5. The Morgan fingerprint density at radius 1 is 1.29 bits per heavy atom. The fraction of sp³-hybridized carbons (Fsp3) is 0.421. The molecular weight excluding hydrogens is 376 g/mol. The fourth-order valence-electron chi connectivity index (χ4n) is 3.76. The van der Waals surface area contributed by atoms with Gasteiger partial charge in [0.2, 0.25) is 11.7 Å². The quantitative estimate of drug-likeness (QED) is 0.677. The van der Waals surface area contributed by atoms with E-state index in [-0.39, 0.29) is 17.2 Å². The number of aromatic nitrogens is 4. The van der Waals surface area contributed by atoms with Crippen molar-refractivity contribution in [3.63, 3.8) is 0 Å². The molecule has 0 atom stereocenters. The summed E-state index contributed by atoms with van der Waals surface area (Å²) in [7, 11) is 1.65. The Hall–Kier alpha value is -2.86. The first kappa shape index (κ1) is 18.5. The third kappa shape index (κ3) is 3.14. The number of fused-ring (bicyclic) bond motifs is 3. The highest BCUT2D eigenvalue weighted by Crippen LogP contribution is 2.28. The highest BCUT2D eigenvalue weighted by molar-refractivity contribution is 7.99. The number of carbonyl (C=O) groups excluding carboxylic acids is 1. The molecule has 1 fully saturated rings. The highest BCUT2D eigenvalue weighted by atomic mass is 32.2. The molecule has 1 amide bonds. The minimum Gasteiger partial charge on any atom is -0.337 e. The number of benzene rings is 1. The van der Waals surface area contributed by atoms with Crippen molar-refractivity contribution in [1.29, 1.82) is 5.26 Å². The summed E-state index contributed by atoms with van der Waals surface area (Å²) in [5, 5.41) is 21.8. The second-order valence-corrected chi connectivity index (χ2v) is 8.03. The van der Waals surface area contributed by atoms with Crippen LogP contribution < -0.4 is 10.9 Å². The Morgan fingerprint density at radius 3 is 2.79 bits per heavy atom. The number of hydrogen-bond donors (Lipinski definition) is 1. The Balaban J connectivity index is 1.60. The van der Waals surface area contributed by atoms with Crippen LogP contribution >= 0.6 is 11.8 Å². The van der Waals surface area contributed by atoms with Crippen molar-refractivity contribution >= 4 is 34.3 Å². The van der Waals surface area contributed by atoms with Crippen LogP contribution in [0.5, 0.6) is 0 Å². The van der Waals surface area contributed by atoms with Crippen LogP contribution in [0.1, 0.15) is 32.1 Å². The van der Waals surface area contributed by atoms with Crippen molar-refractivity contribution in [2.24, 2.45) is 7.05 Å². The van der Waals surface area contributed by atoms with Crippen LogP contribution in [0.15, 0.2) is 34.2 Å². The molecule has 1 saturated carbocycles. The zero-order chi connectivity index (χ0) is 19.7. The van der Waals surface area contributed by atoms with Crippen molar-refractivity contribution in [3.05, 3.63) is 34.6 Å². The highest BCUT2D eigenvalue weighted by Gasteiger charge is 2.33. The SMILES string of the molecule is Cn1c(=O)c2ccccc2n2c(SCC(=O)NC3(C#N)CCCCC3)nnc12. The van der Waals surface area contributed by atoms with Crippen LogP contribution in [0.25, 0.3) is 16.7 Å². The molecule has 0 spiro atoms. The summed E-state index contributed by atoms with van der Waals surface area (Å²) in [5.74, 6) is 0.355. The first-order valence-electron chi connectivity index (χ1n) is 9.23. The van der Waals surface area contributed by atoms with E-state index in [4.69, 9.17) is 0 Å². The number of amides is 1. The van der Waals surface area contributed by atoms with E-state index in [0.717, 1.165) is 19.3 Å². The zero-order valence-corrected chi connectivity index (χ0v) is 16.3. The largest absolute Gasteiger partial charge is 0.337 e. The lowest BCUT2D eigenvalue weighted by Crippen LogP contribution is -2.49. The average molecular weight is 396 g/mol. The topological polar surface area (TPSA) is 105 Å². The molecule has 0 saturated heterocycles. The van der Waals surface area contributed by atoms with Gasteiger partial charge in [0, 0.05) is 7.05 Å². The molecule has 9 heteroatoms. The van der Waals surface area contributed by atoms with E-state index in [1.54, 1.807) is 17.5 Å². The van der Waals surface area contributed by atoms with Gasteiger partial charge in [-0.15, -0.1) is 10.2 Å². The van der Waals surface area contributed by atoms with E-state index in [1.165, 1.54) is 16.3 Å². The Kier molecular flexibility index (Phi) is 4.81. The smallest absolute Gasteiger partial charge is 0.262 e. The maximum absolute atomic E-state index is 12.5. The van der Waals surface area contributed by atoms with E-state index in [1.807, 2.05) is 18.2 Å². The van der Waals surface area contributed by atoms with E-state index in [9.17, 15) is 14.9 Å². The van der Waals surface area contributed by atoms with Gasteiger partial charge in [-0.25, -0.2) is 0 Å². The molecule has 2 aromatic heterocycles. The molecule has 2 heterocycles. The zero-order valence-electron chi connectivity index (χ0n) is 15.5. The number of rotatable bonds is 4.